The van der Waals surface area contributed by atoms with Crippen molar-refractivity contribution in [3.63, 3.8) is 0 Å². The first-order valence-corrected chi connectivity index (χ1v) is 6.00. The third-order valence-electron chi connectivity index (χ3n) is 2.93. The molecule has 0 radical (unpaired) electrons. The van der Waals surface area contributed by atoms with E-state index in [2.05, 4.69) is 4.98 Å². The van der Waals surface area contributed by atoms with Crippen LogP contribution in [-0.4, -0.2) is 10.1 Å². The summed E-state index contributed by atoms with van der Waals surface area (Å²) in [6, 6.07) is 14.5. The highest BCUT2D eigenvalue weighted by Gasteiger charge is 2.02. The molecule has 3 rings (SSSR count). The van der Waals surface area contributed by atoms with Crippen molar-refractivity contribution in [1.82, 2.24) is 4.98 Å². The minimum absolute atomic E-state index is 0.230. The maximum atomic E-state index is 9.19. The van der Waals surface area contributed by atoms with Gasteiger partial charge in [-0.15, -0.1) is 0 Å². The highest BCUT2D eigenvalue weighted by atomic mass is 16.5. The Morgan fingerprint density at radius 3 is 2.63 bits per heavy atom. The van der Waals surface area contributed by atoms with Crippen LogP contribution in [0.5, 0.6) is 11.5 Å². The highest BCUT2D eigenvalue weighted by Crippen LogP contribution is 2.20. The summed E-state index contributed by atoms with van der Waals surface area (Å²) < 4.78 is 5.63. The van der Waals surface area contributed by atoms with Crippen LogP contribution in [0.4, 0.5) is 5.69 Å². The average Bonchev–Trinajstić information content (AvgIpc) is 2.80. The molecule has 0 atom stereocenters. The molecule has 0 saturated heterocycles. The van der Waals surface area contributed by atoms with E-state index in [1.807, 2.05) is 24.3 Å². The van der Waals surface area contributed by atoms with Gasteiger partial charge in [0.05, 0.1) is 5.69 Å². The first-order chi connectivity index (χ1) is 9.20. The van der Waals surface area contributed by atoms with E-state index < -0.39 is 0 Å². The number of nitrogen functional groups attached to an aromatic ring is 1. The number of phenolic OH excluding ortho intramolecular Hbond substituents is 1. The van der Waals surface area contributed by atoms with Crippen LogP contribution in [0.1, 0.15) is 5.69 Å². The number of ether oxygens (including phenoxy) is 1. The van der Waals surface area contributed by atoms with Crippen molar-refractivity contribution < 1.29 is 9.84 Å². The first kappa shape index (κ1) is 11.5. The molecule has 4 nitrogen and oxygen atoms in total. The Labute approximate surface area is 110 Å². The Morgan fingerprint density at radius 2 is 1.84 bits per heavy atom. The van der Waals surface area contributed by atoms with Crippen LogP contribution in [-0.2, 0) is 6.61 Å². The molecular weight excluding hydrogens is 240 g/mol. The summed E-state index contributed by atoms with van der Waals surface area (Å²) in [6.45, 7) is 0.444. The number of H-pyrrole nitrogens is 1. The van der Waals surface area contributed by atoms with Crippen LogP contribution < -0.4 is 10.5 Å². The predicted octanol–water partition coefficient (Wildman–Crippen LogP) is 3.03. The largest absolute Gasteiger partial charge is 0.508 e. The number of hydrogen-bond acceptors (Lipinski definition) is 3. The number of rotatable bonds is 3. The zero-order valence-electron chi connectivity index (χ0n) is 10.3. The number of benzene rings is 2. The van der Waals surface area contributed by atoms with E-state index in [4.69, 9.17) is 10.5 Å². The maximum Gasteiger partial charge on any atom is 0.128 e. The molecule has 0 unspecified atom stereocenters. The Bertz CT molecular complexity index is 702. The second-order valence-electron chi connectivity index (χ2n) is 4.42. The molecule has 4 N–H and O–H groups in total. The van der Waals surface area contributed by atoms with Gasteiger partial charge in [-0.1, -0.05) is 6.07 Å². The molecule has 1 heterocycles. The Morgan fingerprint density at radius 1 is 1.05 bits per heavy atom. The maximum absolute atomic E-state index is 9.19. The van der Waals surface area contributed by atoms with Gasteiger partial charge in [-0.25, -0.2) is 0 Å². The van der Waals surface area contributed by atoms with Crippen molar-refractivity contribution >= 4 is 16.6 Å². The summed E-state index contributed by atoms with van der Waals surface area (Å²) in [6.07, 6.45) is 0. The molecule has 0 amide bonds. The smallest absolute Gasteiger partial charge is 0.128 e. The minimum atomic E-state index is 0.230. The number of anilines is 1. The fraction of sp³-hybridized carbons (Fsp3) is 0.0667. The van der Waals surface area contributed by atoms with Crippen LogP contribution >= 0.6 is 0 Å². The first-order valence-electron chi connectivity index (χ1n) is 6.00. The number of aromatic nitrogens is 1. The van der Waals surface area contributed by atoms with Gasteiger partial charge in [0.1, 0.15) is 18.1 Å². The summed E-state index contributed by atoms with van der Waals surface area (Å²) in [4.78, 5) is 3.26. The van der Waals surface area contributed by atoms with Crippen molar-refractivity contribution in [2.75, 3.05) is 5.73 Å². The molecule has 0 aliphatic rings. The van der Waals surface area contributed by atoms with Gasteiger partial charge >= 0.3 is 0 Å². The lowest BCUT2D eigenvalue weighted by molar-refractivity contribution is 0.302. The molecule has 0 fully saturated rings. The van der Waals surface area contributed by atoms with Crippen molar-refractivity contribution in [2.24, 2.45) is 0 Å². The number of aromatic amines is 1. The van der Waals surface area contributed by atoms with Gasteiger partial charge in [0.25, 0.3) is 0 Å². The van der Waals surface area contributed by atoms with E-state index in [9.17, 15) is 5.11 Å². The SMILES string of the molecule is Nc1ccc2cc(COc3ccc(O)cc3)[nH]c2c1. The summed E-state index contributed by atoms with van der Waals surface area (Å²) >= 11 is 0. The molecule has 1 aromatic heterocycles. The lowest BCUT2D eigenvalue weighted by Crippen LogP contribution is -1.94. The molecule has 19 heavy (non-hydrogen) atoms. The standard InChI is InChI=1S/C15H14N2O2/c16-11-2-1-10-7-12(17-15(10)8-11)9-19-14-5-3-13(18)4-6-14/h1-8,17-18H,9,16H2. The van der Waals surface area contributed by atoms with Crippen molar-refractivity contribution in [3.8, 4) is 11.5 Å². The molecule has 0 bridgehead atoms. The average molecular weight is 254 g/mol. The second kappa shape index (κ2) is 4.57. The lowest BCUT2D eigenvalue weighted by Gasteiger charge is -2.04. The number of nitrogens with one attached hydrogen (secondary N) is 1. The van der Waals surface area contributed by atoms with Crippen molar-refractivity contribution in [3.05, 3.63) is 54.2 Å². The molecular formula is C15H14N2O2. The fourth-order valence-corrected chi connectivity index (χ4v) is 1.99. The zero-order chi connectivity index (χ0) is 13.2. The molecule has 2 aromatic carbocycles. The van der Waals surface area contributed by atoms with Crippen LogP contribution in [0.15, 0.2) is 48.5 Å². The van der Waals surface area contributed by atoms with E-state index in [-0.39, 0.29) is 5.75 Å². The zero-order valence-corrected chi connectivity index (χ0v) is 10.3. The number of fused-ring (bicyclic) bond motifs is 1. The quantitative estimate of drug-likeness (QED) is 0.629. The Balaban J connectivity index is 1.76. The third kappa shape index (κ3) is 2.47. The van der Waals surface area contributed by atoms with Gasteiger partial charge in [0.2, 0.25) is 0 Å². The normalized spacial score (nSPS) is 10.7. The Hall–Kier alpha value is -2.62. The van der Waals surface area contributed by atoms with E-state index >= 15 is 0 Å². The van der Waals surface area contributed by atoms with Crippen molar-refractivity contribution in [1.29, 1.82) is 0 Å². The summed E-state index contributed by atoms with van der Waals surface area (Å²) in [5.74, 6) is 0.949. The molecule has 4 heteroatoms. The van der Waals surface area contributed by atoms with Gasteiger partial charge < -0.3 is 20.6 Å². The summed E-state index contributed by atoms with van der Waals surface area (Å²) in [5, 5.41) is 10.3. The summed E-state index contributed by atoms with van der Waals surface area (Å²) in [5.41, 5.74) is 8.46. The Kier molecular flexibility index (Phi) is 2.76. The van der Waals surface area contributed by atoms with Gasteiger partial charge in [0, 0.05) is 11.2 Å². The summed E-state index contributed by atoms with van der Waals surface area (Å²) in [7, 11) is 0. The van der Waals surface area contributed by atoms with E-state index in [1.54, 1.807) is 24.3 Å². The van der Waals surface area contributed by atoms with Gasteiger partial charge in [-0.2, -0.15) is 0 Å². The van der Waals surface area contributed by atoms with Crippen LogP contribution in [0.3, 0.4) is 0 Å². The molecule has 3 aromatic rings. The highest BCUT2D eigenvalue weighted by molar-refractivity contribution is 5.83. The van der Waals surface area contributed by atoms with E-state index in [0.717, 1.165) is 28.0 Å². The van der Waals surface area contributed by atoms with Gasteiger partial charge in [-0.05, 0) is 47.9 Å². The fourth-order valence-electron chi connectivity index (χ4n) is 1.99. The lowest BCUT2D eigenvalue weighted by atomic mass is 10.2. The third-order valence-corrected chi connectivity index (χ3v) is 2.93. The molecule has 96 valence electrons. The van der Waals surface area contributed by atoms with Crippen LogP contribution in [0, 0.1) is 0 Å². The molecule has 0 spiro atoms. The molecule has 0 saturated carbocycles. The number of aromatic hydroxyl groups is 1. The minimum Gasteiger partial charge on any atom is -0.508 e. The van der Waals surface area contributed by atoms with E-state index in [1.165, 1.54) is 0 Å². The monoisotopic (exact) mass is 254 g/mol. The number of phenols is 1. The van der Waals surface area contributed by atoms with Crippen LogP contribution in [0.25, 0.3) is 10.9 Å². The molecule has 0 aliphatic carbocycles. The number of hydrogen-bond donors (Lipinski definition) is 3. The number of nitrogens with two attached hydrogens (primary N) is 1. The van der Waals surface area contributed by atoms with Crippen LogP contribution in [0.2, 0.25) is 0 Å². The van der Waals surface area contributed by atoms with Gasteiger partial charge in [0.15, 0.2) is 0 Å². The van der Waals surface area contributed by atoms with Gasteiger partial charge in [-0.3, -0.25) is 0 Å². The molecule has 0 aliphatic heterocycles. The van der Waals surface area contributed by atoms with E-state index in [0.29, 0.717) is 6.61 Å². The topological polar surface area (TPSA) is 71.3 Å². The van der Waals surface area contributed by atoms with Crippen molar-refractivity contribution in [2.45, 2.75) is 6.61 Å². The predicted molar refractivity (Wildman–Crippen MR) is 75.1 cm³/mol. The second-order valence-corrected chi connectivity index (χ2v) is 4.42.